The van der Waals surface area contributed by atoms with E-state index in [0.29, 0.717) is 28.8 Å². The summed E-state index contributed by atoms with van der Waals surface area (Å²) in [6.07, 6.45) is 3.26. The van der Waals surface area contributed by atoms with Crippen LogP contribution in [0.4, 0.5) is 5.13 Å². The van der Waals surface area contributed by atoms with Gasteiger partial charge in [-0.05, 0) is 5.57 Å². The molecule has 1 fully saturated rings. The number of aromatic nitrogens is 5. The fraction of sp³-hybridized carbons (Fsp3) is 0.333. The van der Waals surface area contributed by atoms with Crippen LogP contribution in [-0.4, -0.2) is 87.7 Å². The molecule has 184 valence electrons. The van der Waals surface area contributed by atoms with Crippen LogP contribution in [0.25, 0.3) is 0 Å². The molecule has 17 heteroatoms. The van der Waals surface area contributed by atoms with Gasteiger partial charge in [-0.25, -0.2) is 4.79 Å². The number of carboxylic acids is 1. The predicted octanol–water partition coefficient (Wildman–Crippen LogP) is -0.221. The average Bonchev–Trinajstić information content (AvgIpc) is 3.47. The first-order valence-corrected chi connectivity index (χ1v) is 12.7. The minimum Gasteiger partial charge on any atom is -0.477 e. The van der Waals surface area contributed by atoms with Gasteiger partial charge < -0.3 is 25.6 Å². The van der Waals surface area contributed by atoms with Gasteiger partial charge in [0.2, 0.25) is 11.5 Å². The van der Waals surface area contributed by atoms with Crippen LogP contribution in [0.5, 0.6) is 0 Å². The van der Waals surface area contributed by atoms with E-state index >= 15 is 0 Å². The summed E-state index contributed by atoms with van der Waals surface area (Å²) in [5.74, 6) is -1.89. The van der Waals surface area contributed by atoms with Crippen LogP contribution in [0, 0.1) is 0 Å². The average molecular weight is 538 g/mol. The fourth-order valence-corrected chi connectivity index (χ4v) is 6.23. The topological polar surface area (TPSA) is 191 Å². The third kappa shape index (κ3) is 4.87. The SMILES string of the molecule is C=CCn1cnnc1SCC1=C(C(=O)O)N2C(=O)C(NC(=O)C(=NOC)c3nsc(N)n3)[C@@H]2SC1. The second kappa shape index (κ2) is 10.4. The van der Waals surface area contributed by atoms with E-state index in [2.05, 4.69) is 36.6 Å². The zero-order chi connectivity index (χ0) is 25.1. The number of nitrogens with two attached hydrogens (primary N) is 1. The summed E-state index contributed by atoms with van der Waals surface area (Å²) in [4.78, 5) is 47.6. The third-order valence-electron chi connectivity index (χ3n) is 4.87. The number of allylic oxidation sites excluding steroid dienone is 1. The molecule has 2 aliphatic heterocycles. The molecule has 0 radical (unpaired) electrons. The predicted molar refractivity (Wildman–Crippen MR) is 128 cm³/mol. The zero-order valence-electron chi connectivity index (χ0n) is 18.2. The molecule has 0 bridgehead atoms. The third-order valence-corrected chi connectivity index (χ3v) is 7.82. The van der Waals surface area contributed by atoms with Crippen LogP contribution in [0.2, 0.25) is 0 Å². The van der Waals surface area contributed by atoms with Gasteiger partial charge in [-0.15, -0.1) is 28.5 Å². The number of carbonyl (C=O) groups excluding carboxylic acids is 2. The quantitative estimate of drug-likeness (QED) is 0.119. The van der Waals surface area contributed by atoms with Crippen LogP contribution in [-0.2, 0) is 25.8 Å². The highest BCUT2D eigenvalue weighted by Crippen LogP contribution is 2.41. The monoisotopic (exact) mass is 537 g/mol. The number of fused-ring (bicyclic) bond motifs is 1. The molecule has 2 amide bonds. The summed E-state index contributed by atoms with van der Waals surface area (Å²) in [5, 5.41) is 24.1. The van der Waals surface area contributed by atoms with E-state index in [0.717, 1.165) is 11.5 Å². The number of thioether (sulfide) groups is 2. The number of carbonyl (C=O) groups is 3. The maximum absolute atomic E-state index is 12.9. The first-order chi connectivity index (χ1) is 16.8. The molecule has 0 saturated carbocycles. The molecule has 4 rings (SSSR count). The van der Waals surface area contributed by atoms with Crippen molar-refractivity contribution in [2.24, 2.45) is 5.16 Å². The van der Waals surface area contributed by atoms with Crippen LogP contribution < -0.4 is 11.1 Å². The van der Waals surface area contributed by atoms with Crippen molar-refractivity contribution >= 4 is 63.7 Å². The number of amides is 2. The van der Waals surface area contributed by atoms with E-state index in [1.54, 1.807) is 17.0 Å². The summed E-state index contributed by atoms with van der Waals surface area (Å²) in [7, 11) is 1.25. The lowest BCUT2D eigenvalue weighted by Gasteiger charge is -2.49. The Morgan fingerprint density at radius 2 is 2.31 bits per heavy atom. The maximum atomic E-state index is 12.9. The Morgan fingerprint density at radius 3 is 2.97 bits per heavy atom. The molecule has 4 heterocycles. The maximum Gasteiger partial charge on any atom is 0.352 e. The van der Waals surface area contributed by atoms with Gasteiger partial charge in [-0.2, -0.15) is 9.36 Å². The van der Waals surface area contributed by atoms with Crippen molar-refractivity contribution in [2.75, 3.05) is 24.3 Å². The fourth-order valence-electron chi connectivity index (χ4n) is 3.38. The highest BCUT2D eigenvalue weighted by atomic mass is 32.2. The van der Waals surface area contributed by atoms with E-state index in [9.17, 15) is 19.5 Å². The lowest BCUT2D eigenvalue weighted by atomic mass is 10.0. The number of nitrogens with zero attached hydrogens (tertiary/aromatic N) is 7. The number of hydrogen-bond donors (Lipinski definition) is 3. The number of hydrogen-bond acceptors (Lipinski definition) is 13. The number of nitrogens with one attached hydrogen (secondary N) is 1. The Balaban J connectivity index is 1.48. The summed E-state index contributed by atoms with van der Waals surface area (Å²) >= 11 is 3.54. The number of anilines is 1. The van der Waals surface area contributed by atoms with Crippen molar-refractivity contribution < 1.29 is 24.3 Å². The van der Waals surface area contributed by atoms with Gasteiger partial charge in [0.1, 0.15) is 30.5 Å². The highest BCUT2D eigenvalue weighted by molar-refractivity contribution is 8.01. The molecule has 2 aliphatic rings. The lowest BCUT2D eigenvalue weighted by Crippen LogP contribution is -2.71. The van der Waals surface area contributed by atoms with E-state index in [-0.39, 0.29) is 22.4 Å². The van der Waals surface area contributed by atoms with Gasteiger partial charge in [0.15, 0.2) is 10.3 Å². The molecule has 2 aromatic rings. The van der Waals surface area contributed by atoms with Crippen molar-refractivity contribution in [3.8, 4) is 0 Å². The van der Waals surface area contributed by atoms with Gasteiger partial charge >= 0.3 is 5.97 Å². The summed E-state index contributed by atoms with van der Waals surface area (Å²) in [6, 6.07) is -0.954. The van der Waals surface area contributed by atoms with Crippen molar-refractivity contribution in [1.82, 2.24) is 34.3 Å². The van der Waals surface area contributed by atoms with Gasteiger partial charge in [0.05, 0.1) is 0 Å². The van der Waals surface area contributed by atoms with Crippen LogP contribution in [0.15, 0.2) is 40.6 Å². The number of carboxylic acid groups (broad SMARTS) is 1. The number of nitrogen functional groups attached to an aromatic ring is 1. The van der Waals surface area contributed by atoms with Crippen molar-refractivity contribution in [1.29, 1.82) is 0 Å². The molecule has 1 saturated heterocycles. The summed E-state index contributed by atoms with van der Waals surface area (Å²) in [6.45, 7) is 4.20. The molecular weight excluding hydrogens is 518 g/mol. The second-order valence-electron chi connectivity index (χ2n) is 7.04. The molecule has 14 nitrogen and oxygen atoms in total. The Morgan fingerprint density at radius 1 is 1.51 bits per heavy atom. The first-order valence-electron chi connectivity index (χ1n) is 9.88. The van der Waals surface area contributed by atoms with Gasteiger partial charge in [-0.1, -0.05) is 23.0 Å². The molecule has 1 unspecified atom stereocenters. The van der Waals surface area contributed by atoms with E-state index < -0.39 is 29.2 Å². The number of aliphatic carboxylic acids is 1. The Bertz CT molecular complexity index is 1240. The van der Waals surface area contributed by atoms with Gasteiger partial charge in [0.25, 0.3) is 11.8 Å². The number of rotatable bonds is 10. The van der Waals surface area contributed by atoms with Crippen LogP contribution in [0.3, 0.4) is 0 Å². The van der Waals surface area contributed by atoms with Gasteiger partial charge in [0, 0.05) is 29.6 Å². The molecule has 0 spiro atoms. The standard InChI is InChI=1S/C18H19N9O5S3/c1-3-4-26-7-20-23-18(26)34-6-8-5-33-15-10(14(29)27(15)11(8)16(30)31)21-13(28)9(24-32-2)12-22-17(19)35-25-12/h3,7,10,15H,1,4-6H2,2H3,(H,21,28)(H,30,31)(H2,19,22,25)/t10?,15-/m0/s1. The van der Waals surface area contributed by atoms with Crippen LogP contribution >= 0.6 is 35.1 Å². The van der Waals surface area contributed by atoms with E-state index in [1.165, 1.54) is 35.5 Å². The largest absolute Gasteiger partial charge is 0.477 e. The van der Waals surface area contributed by atoms with E-state index in [4.69, 9.17) is 10.6 Å². The highest BCUT2D eigenvalue weighted by Gasteiger charge is 2.54. The Labute approximate surface area is 210 Å². The molecule has 0 aromatic carbocycles. The summed E-state index contributed by atoms with van der Waals surface area (Å²) < 4.78 is 5.72. The molecule has 4 N–H and O–H groups in total. The second-order valence-corrected chi connectivity index (χ2v) is 9.87. The molecule has 2 atom stereocenters. The van der Waals surface area contributed by atoms with Crippen LogP contribution in [0.1, 0.15) is 5.82 Å². The normalized spacial score (nSPS) is 19.7. The Hall–Kier alpha value is -3.44. The van der Waals surface area contributed by atoms with Crippen molar-refractivity contribution in [2.45, 2.75) is 23.1 Å². The first kappa shape index (κ1) is 24.7. The summed E-state index contributed by atoms with van der Waals surface area (Å²) in [5.41, 5.74) is 5.80. The van der Waals surface area contributed by atoms with E-state index in [1.807, 2.05) is 0 Å². The zero-order valence-corrected chi connectivity index (χ0v) is 20.6. The lowest BCUT2D eigenvalue weighted by molar-refractivity contribution is -0.150. The number of oxime groups is 1. The molecular formula is C18H19N9O5S3. The molecule has 35 heavy (non-hydrogen) atoms. The molecule has 0 aliphatic carbocycles. The van der Waals surface area contributed by atoms with Gasteiger partial charge in [-0.3, -0.25) is 14.5 Å². The molecule has 2 aromatic heterocycles. The van der Waals surface area contributed by atoms with Crippen molar-refractivity contribution in [3.63, 3.8) is 0 Å². The Kier molecular flexibility index (Phi) is 7.37. The smallest absolute Gasteiger partial charge is 0.352 e. The minimum atomic E-state index is -1.22. The minimum absolute atomic E-state index is 0.0403. The number of β-lactam (4-membered cyclic amide) rings is 1. The van der Waals surface area contributed by atoms with Crippen molar-refractivity contribution in [3.05, 3.63) is 36.1 Å².